The Morgan fingerprint density at radius 3 is 2.86 bits per heavy atom. The van der Waals surface area contributed by atoms with Crippen LogP contribution in [-0.2, 0) is 28.8 Å². The van der Waals surface area contributed by atoms with Crippen LogP contribution in [0.5, 0.6) is 0 Å². The van der Waals surface area contributed by atoms with E-state index in [1.807, 2.05) is 18.7 Å². The number of aryl methyl sites for hydroxylation is 2. The lowest BCUT2D eigenvalue weighted by Crippen LogP contribution is -2.36. The Morgan fingerprint density at radius 1 is 1.36 bits per heavy atom. The highest BCUT2D eigenvalue weighted by Crippen LogP contribution is 2.21. The molecule has 0 spiro atoms. The summed E-state index contributed by atoms with van der Waals surface area (Å²) in [5.74, 6) is 1.50. The van der Waals surface area contributed by atoms with Gasteiger partial charge in [0, 0.05) is 32.2 Å². The molecule has 1 aliphatic rings. The van der Waals surface area contributed by atoms with Gasteiger partial charge in [-0.1, -0.05) is 25.4 Å². The quantitative estimate of drug-likeness (QED) is 0.810. The summed E-state index contributed by atoms with van der Waals surface area (Å²) in [5.41, 5.74) is 1.93. The zero-order chi connectivity index (χ0) is 15.9. The average molecular weight is 308 g/mol. The van der Waals surface area contributed by atoms with Crippen LogP contribution in [0.15, 0.2) is 4.52 Å². The molecule has 1 saturated heterocycles. The van der Waals surface area contributed by atoms with Gasteiger partial charge in [-0.25, -0.2) is 0 Å². The van der Waals surface area contributed by atoms with E-state index in [0.717, 1.165) is 62.4 Å². The summed E-state index contributed by atoms with van der Waals surface area (Å²) in [6.07, 6.45) is 5.39. The van der Waals surface area contributed by atoms with Crippen LogP contribution in [0.2, 0.25) is 0 Å². The first-order valence-electron chi connectivity index (χ1n) is 8.42. The van der Waals surface area contributed by atoms with E-state index in [1.54, 1.807) is 7.11 Å². The molecule has 0 aliphatic carbocycles. The van der Waals surface area contributed by atoms with E-state index < -0.39 is 0 Å². The molecule has 0 saturated carbocycles. The maximum absolute atomic E-state index is 12.7. The second kappa shape index (κ2) is 8.32. The van der Waals surface area contributed by atoms with E-state index in [9.17, 15) is 4.79 Å². The summed E-state index contributed by atoms with van der Waals surface area (Å²) in [5, 5.41) is 4.10. The SMILES string of the molecule is CCc1noc(CC)c1CC(=O)N1CCCCC(COC)C1. The minimum Gasteiger partial charge on any atom is -0.384 e. The summed E-state index contributed by atoms with van der Waals surface area (Å²) in [4.78, 5) is 14.7. The molecule has 2 rings (SSSR count). The third-order valence-electron chi connectivity index (χ3n) is 4.46. The number of amides is 1. The lowest BCUT2D eigenvalue weighted by Gasteiger charge is -2.24. The van der Waals surface area contributed by atoms with Crippen molar-refractivity contribution in [2.24, 2.45) is 5.92 Å². The second-order valence-corrected chi connectivity index (χ2v) is 6.07. The Labute approximate surface area is 133 Å². The summed E-state index contributed by atoms with van der Waals surface area (Å²) < 4.78 is 10.6. The molecular formula is C17H28N2O3. The molecule has 1 fully saturated rings. The number of ether oxygens (including phenoxy) is 1. The van der Waals surface area contributed by atoms with Gasteiger partial charge in [0.2, 0.25) is 5.91 Å². The molecule has 1 amide bonds. The maximum Gasteiger partial charge on any atom is 0.227 e. The predicted octanol–water partition coefficient (Wildman–Crippen LogP) is 2.62. The fourth-order valence-electron chi connectivity index (χ4n) is 3.23. The van der Waals surface area contributed by atoms with Crippen molar-refractivity contribution in [3.63, 3.8) is 0 Å². The summed E-state index contributed by atoms with van der Waals surface area (Å²) in [7, 11) is 1.73. The molecule has 0 aromatic carbocycles. The van der Waals surface area contributed by atoms with Crippen LogP contribution in [0, 0.1) is 5.92 Å². The first-order valence-corrected chi connectivity index (χ1v) is 8.42. The monoisotopic (exact) mass is 308 g/mol. The van der Waals surface area contributed by atoms with E-state index in [2.05, 4.69) is 5.16 Å². The minimum atomic E-state index is 0.190. The summed E-state index contributed by atoms with van der Waals surface area (Å²) >= 11 is 0. The molecule has 124 valence electrons. The highest BCUT2D eigenvalue weighted by atomic mass is 16.5. The Morgan fingerprint density at radius 2 is 2.18 bits per heavy atom. The van der Waals surface area contributed by atoms with Crippen molar-refractivity contribution < 1.29 is 14.1 Å². The Bertz CT molecular complexity index is 463. The fraction of sp³-hybridized carbons (Fsp3) is 0.765. The van der Waals surface area contributed by atoms with Crippen LogP contribution in [0.1, 0.15) is 50.1 Å². The lowest BCUT2D eigenvalue weighted by molar-refractivity contribution is -0.131. The van der Waals surface area contributed by atoms with E-state index >= 15 is 0 Å². The normalized spacial score (nSPS) is 19.2. The molecule has 5 nitrogen and oxygen atoms in total. The third kappa shape index (κ3) is 4.09. The van der Waals surface area contributed by atoms with E-state index in [4.69, 9.17) is 9.26 Å². The number of rotatable bonds is 6. The number of carbonyl (C=O) groups excluding carboxylic acids is 1. The van der Waals surface area contributed by atoms with Crippen molar-refractivity contribution in [1.82, 2.24) is 10.1 Å². The third-order valence-corrected chi connectivity index (χ3v) is 4.46. The van der Waals surface area contributed by atoms with Gasteiger partial charge in [-0.3, -0.25) is 4.79 Å². The van der Waals surface area contributed by atoms with Crippen LogP contribution in [0.3, 0.4) is 0 Å². The molecule has 1 aliphatic heterocycles. The lowest BCUT2D eigenvalue weighted by atomic mass is 10.0. The number of nitrogens with zero attached hydrogens (tertiary/aromatic N) is 2. The molecule has 1 atom stereocenters. The Balaban J connectivity index is 2.05. The molecule has 22 heavy (non-hydrogen) atoms. The van der Waals surface area contributed by atoms with Gasteiger partial charge in [-0.15, -0.1) is 0 Å². The van der Waals surface area contributed by atoms with Crippen molar-refractivity contribution in [1.29, 1.82) is 0 Å². The highest BCUT2D eigenvalue weighted by Gasteiger charge is 2.24. The van der Waals surface area contributed by atoms with Crippen LogP contribution < -0.4 is 0 Å². The molecule has 0 bridgehead atoms. The van der Waals surface area contributed by atoms with Gasteiger partial charge < -0.3 is 14.2 Å². The Kier molecular flexibility index (Phi) is 6.43. The smallest absolute Gasteiger partial charge is 0.227 e. The molecule has 1 unspecified atom stereocenters. The number of likely N-dealkylation sites (tertiary alicyclic amines) is 1. The molecule has 0 radical (unpaired) electrons. The molecular weight excluding hydrogens is 280 g/mol. The van der Waals surface area contributed by atoms with E-state index in [-0.39, 0.29) is 5.91 Å². The van der Waals surface area contributed by atoms with Crippen LogP contribution in [0.4, 0.5) is 0 Å². The van der Waals surface area contributed by atoms with Gasteiger partial charge in [0.05, 0.1) is 18.7 Å². The van der Waals surface area contributed by atoms with Gasteiger partial charge in [-0.2, -0.15) is 0 Å². The maximum atomic E-state index is 12.7. The van der Waals surface area contributed by atoms with Crippen molar-refractivity contribution in [2.45, 2.75) is 52.4 Å². The first kappa shape index (κ1) is 17.0. The second-order valence-electron chi connectivity index (χ2n) is 6.07. The van der Waals surface area contributed by atoms with E-state index in [0.29, 0.717) is 12.3 Å². The first-order chi connectivity index (χ1) is 10.7. The summed E-state index contributed by atoms with van der Waals surface area (Å²) in [6, 6.07) is 0. The van der Waals surface area contributed by atoms with E-state index in [1.165, 1.54) is 6.42 Å². The minimum absolute atomic E-state index is 0.190. The zero-order valence-corrected chi connectivity index (χ0v) is 14.1. The van der Waals surface area contributed by atoms with Crippen LogP contribution in [0.25, 0.3) is 0 Å². The number of carbonyl (C=O) groups is 1. The molecule has 0 N–H and O–H groups in total. The van der Waals surface area contributed by atoms with Crippen molar-refractivity contribution in [3.05, 3.63) is 17.0 Å². The molecule has 1 aromatic heterocycles. The van der Waals surface area contributed by atoms with Gasteiger partial charge in [-0.05, 0) is 25.2 Å². The topological polar surface area (TPSA) is 55.6 Å². The molecule has 1 aromatic rings. The van der Waals surface area contributed by atoms with Crippen molar-refractivity contribution >= 4 is 5.91 Å². The van der Waals surface area contributed by atoms with Gasteiger partial charge in [0.25, 0.3) is 0 Å². The summed E-state index contributed by atoms with van der Waals surface area (Å²) in [6.45, 7) is 6.48. The van der Waals surface area contributed by atoms with Crippen molar-refractivity contribution in [3.8, 4) is 0 Å². The van der Waals surface area contributed by atoms with Gasteiger partial charge >= 0.3 is 0 Å². The van der Waals surface area contributed by atoms with Crippen LogP contribution >= 0.6 is 0 Å². The van der Waals surface area contributed by atoms with Gasteiger partial charge in [0.1, 0.15) is 5.76 Å². The Hall–Kier alpha value is -1.36. The fourth-order valence-corrected chi connectivity index (χ4v) is 3.23. The molecule has 2 heterocycles. The zero-order valence-electron chi connectivity index (χ0n) is 14.1. The number of methoxy groups -OCH3 is 1. The van der Waals surface area contributed by atoms with Crippen LogP contribution in [-0.4, -0.2) is 42.8 Å². The number of hydrogen-bond acceptors (Lipinski definition) is 4. The van der Waals surface area contributed by atoms with Crippen molar-refractivity contribution in [2.75, 3.05) is 26.8 Å². The highest BCUT2D eigenvalue weighted by molar-refractivity contribution is 5.79. The largest absolute Gasteiger partial charge is 0.384 e. The number of hydrogen-bond donors (Lipinski definition) is 0. The standard InChI is InChI=1S/C17H28N2O3/c1-4-15-14(16(5-2)22-18-15)10-17(20)19-9-7-6-8-13(11-19)12-21-3/h13H,4-12H2,1-3H3. The average Bonchev–Trinajstić information content (AvgIpc) is 2.75. The predicted molar refractivity (Wildman–Crippen MR) is 84.8 cm³/mol. The molecule has 5 heteroatoms. The van der Waals surface area contributed by atoms with Gasteiger partial charge in [0.15, 0.2) is 0 Å². The number of aromatic nitrogens is 1.